The first-order chi connectivity index (χ1) is 20.5. The van der Waals surface area contributed by atoms with E-state index < -0.39 is 0 Å². The van der Waals surface area contributed by atoms with Gasteiger partial charge < -0.3 is 4.74 Å². The maximum absolute atomic E-state index is 13.4. The summed E-state index contributed by atoms with van der Waals surface area (Å²) in [7, 11) is 0. The molecular formula is C34H26ClN3O2S2. The van der Waals surface area contributed by atoms with Gasteiger partial charge in [-0.1, -0.05) is 102 Å². The maximum Gasteiger partial charge on any atom is 0.266 e. The molecule has 1 aliphatic heterocycles. The van der Waals surface area contributed by atoms with E-state index in [-0.39, 0.29) is 5.91 Å². The Morgan fingerprint density at radius 1 is 0.881 bits per heavy atom. The van der Waals surface area contributed by atoms with Gasteiger partial charge in [-0.2, -0.15) is 5.10 Å². The molecule has 8 heteroatoms. The zero-order valence-electron chi connectivity index (χ0n) is 22.5. The standard InChI is InChI=1S/C34H26ClN3O2S2/c35-30-14-8-7-11-26(30)23-40-29-17-15-25(16-18-29)32-27(22-38(36-32)28-12-5-2-6-13-28)21-31-33(39)37(34(41)42-31)20-19-24-9-3-1-4-10-24/h1-18,21-22H,19-20,23H2/b31-21-. The minimum Gasteiger partial charge on any atom is -0.489 e. The summed E-state index contributed by atoms with van der Waals surface area (Å²) in [4.78, 5) is 15.7. The van der Waals surface area contributed by atoms with Crippen LogP contribution in [0, 0.1) is 0 Å². The molecule has 1 amide bonds. The quantitative estimate of drug-likeness (QED) is 0.125. The van der Waals surface area contributed by atoms with Crippen molar-refractivity contribution in [2.24, 2.45) is 0 Å². The summed E-state index contributed by atoms with van der Waals surface area (Å²) >= 11 is 13.2. The Hall–Kier alpha value is -4.17. The van der Waals surface area contributed by atoms with Gasteiger partial charge in [-0.05, 0) is 60.5 Å². The molecule has 0 aliphatic carbocycles. The predicted molar refractivity (Wildman–Crippen MR) is 175 cm³/mol. The summed E-state index contributed by atoms with van der Waals surface area (Å²) in [5, 5.41) is 5.59. The van der Waals surface area contributed by atoms with E-state index >= 15 is 0 Å². The SMILES string of the molecule is O=C1/C(=C/c2cn(-c3ccccc3)nc2-c2ccc(OCc3ccccc3Cl)cc2)SC(=S)N1CCc1ccccc1. The largest absolute Gasteiger partial charge is 0.489 e. The van der Waals surface area contributed by atoms with Crippen LogP contribution in [0.5, 0.6) is 5.75 Å². The van der Waals surface area contributed by atoms with Crippen LogP contribution in [0.1, 0.15) is 16.7 Å². The van der Waals surface area contributed by atoms with Gasteiger partial charge in [0, 0.05) is 34.5 Å². The van der Waals surface area contributed by atoms with Gasteiger partial charge in [-0.15, -0.1) is 0 Å². The Bertz CT molecular complexity index is 1750. The number of ether oxygens (including phenoxy) is 1. The lowest BCUT2D eigenvalue weighted by atomic mass is 10.1. The number of carbonyl (C=O) groups is 1. The van der Waals surface area contributed by atoms with Crippen LogP contribution in [0.25, 0.3) is 23.0 Å². The van der Waals surface area contributed by atoms with E-state index in [0.29, 0.717) is 27.4 Å². The molecule has 0 radical (unpaired) electrons. The fourth-order valence-electron chi connectivity index (χ4n) is 4.64. The Morgan fingerprint density at radius 2 is 1.57 bits per heavy atom. The molecule has 208 valence electrons. The maximum atomic E-state index is 13.4. The second-order valence-electron chi connectivity index (χ2n) is 9.69. The highest BCUT2D eigenvalue weighted by Gasteiger charge is 2.32. The Morgan fingerprint density at radius 3 is 2.31 bits per heavy atom. The third-order valence-corrected chi connectivity index (χ3v) is 8.62. The number of para-hydroxylation sites is 1. The van der Waals surface area contributed by atoms with Crippen LogP contribution in [0.15, 0.2) is 120 Å². The van der Waals surface area contributed by atoms with Crippen molar-refractivity contribution < 1.29 is 9.53 Å². The highest BCUT2D eigenvalue weighted by molar-refractivity contribution is 8.26. The van der Waals surface area contributed by atoms with Crippen molar-refractivity contribution in [2.45, 2.75) is 13.0 Å². The molecular weight excluding hydrogens is 582 g/mol. The molecule has 0 atom stereocenters. The molecule has 1 saturated heterocycles. The molecule has 4 aromatic carbocycles. The summed E-state index contributed by atoms with van der Waals surface area (Å²) in [6.07, 6.45) is 4.58. The van der Waals surface area contributed by atoms with Crippen molar-refractivity contribution in [1.82, 2.24) is 14.7 Å². The minimum atomic E-state index is -0.0809. The molecule has 1 aliphatic rings. The van der Waals surface area contributed by atoms with Crippen LogP contribution in [0.3, 0.4) is 0 Å². The molecule has 6 rings (SSSR count). The van der Waals surface area contributed by atoms with Gasteiger partial charge in [-0.25, -0.2) is 4.68 Å². The van der Waals surface area contributed by atoms with E-state index in [2.05, 4.69) is 12.1 Å². The van der Waals surface area contributed by atoms with Crippen molar-refractivity contribution in [1.29, 1.82) is 0 Å². The second-order valence-corrected chi connectivity index (χ2v) is 11.8. The van der Waals surface area contributed by atoms with Gasteiger partial charge in [0.15, 0.2) is 0 Å². The van der Waals surface area contributed by atoms with Gasteiger partial charge in [0.05, 0.1) is 16.3 Å². The Kier molecular flexibility index (Phi) is 8.51. The molecule has 0 bridgehead atoms. The minimum absolute atomic E-state index is 0.0809. The van der Waals surface area contributed by atoms with Gasteiger partial charge >= 0.3 is 0 Å². The summed E-state index contributed by atoms with van der Waals surface area (Å²) in [5.74, 6) is 0.643. The van der Waals surface area contributed by atoms with Crippen LogP contribution < -0.4 is 4.74 Å². The molecule has 1 aromatic heterocycles. The van der Waals surface area contributed by atoms with Crippen molar-refractivity contribution in [3.63, 3.8) is 0 Å². The van der Waals surface area contributed by atoms with Gasteiger partial charge in [0.1, 0.15) is 16.7 Å². The van der Waals surface area contributed by atoms with E-state index in [4.69, 9.17) is 33.7 Å². The van der Waals surface area contributed by atoms with Crippen LogP contribution in [-0.4, -0.2) is 31.5 Å². The van der Waals surface area contributed by atoms with Crippen LogP contribution in [-0.2, 0) is 17.8 Å². The number of rotatable bonds is 9. The number of amides is 1. The van der Waals surface area contributed by atoms with E-state index in [9.17, 15) is 4.79 Å². The lowest BCUT2D eigenvalue weighted by molar-refractivity contribution is -0.122. The topological polar surface area (TPSA) is 47.4 Å². The highest BCUT2D eigenvalue weighted by Crippen LogP contribution is 2.35. The Balaban J connectivity index is 1.26. The molecule has 5 nitrogen and oxygen atoms in total. The molecule has 1 fully saturated rings. The van der Waals surface area contributed by atoms with E-state index in [1.54, 1.807) is 4.90 Å². The average molecular weight is 608 g/mol. The monoisotopic (exact) mass is 607 g/mol. The molecule has 0 spiro atoms. The first-order valence-electron chi connectivity index (χ1n) is 13.5. The smallest absolute Gasteiger partial charge is 0.266 e. The molecule has 5 aromatic rings. The first-order valence-corrected chi connectivity index (χ1v) is 15.1. The summed E-state index contributed by atoms with van der Waals surface area (Å²) < 4.78 is 8.38. The van der Waals surface area contributed by atoms with E-state index in [0.717, 1.165) is 40.2 Å². The van der Waals surface area contributed by atoms with Crippen molar-refractivity contribution in [3.8, 4) is 22.7 Å². The zero-order valence-corrected chi connectivity index (χ0v) is 24.9. The lowest BCUT2D eigenvalue weighted by Crippen LogP contribution is -2.30. The Labute approximate surface area is 259 Å². The number of halogens is 1. The van der Waals surface area contributed by atoms with Crippen LogP contribution in [0.2, 0.25) is 5.02 Å². The first kappa shape index (κ1) is 28.0. The van der Waals surface area contributed by atoms with Crippen molar-refractivity contribution in [2.75, 3.05) is 6.54 Å². The summed E-state index contributed by atoms with van der Waals surface area (Å²) in [6, 6.07) is 35.4. The number of hydrogen-bond acceptors (Lipinski definition) is 5. The highest BCUT2D eigenvalue weighted by atomic mass is 35.5. The zero-order chi connectivity index (χ0) is 28.9. The number of thiocarbonyl (C=S) groups is 1. The normalized spacial score (nSPS) is 14.1. The molecule has 42 heavy (non-hydrogen) atoms. The van der Waals surface area contributed by atoms with E-state index in [1.807, 2.05) is 114 Å². The molecule has 0 N–H and O–H groups in total. The molecule has 2 heterocycles. The number of benzene rings is 4. The fourth-order valence-corrected chi connectivity index (χ4v) is 6.13. The predicted octanol–water partition coefficient (Wildman–Crippen LogP) is 8.22. The fraction of sp³-hybridized carbons (Fsp3) is 0.0882. The number of aromatic nitrogens is 2. The summed E-state index contributed by atoms with van der Waals surface area (Å²) in [5.41, 5.74) is 5.50. The number of hydrogen-bond donors (Lipinski definition) is 0. The van der Waals surface area contributed by atoms with Gasteiger partial charge in [0.2, 0.25) is 0 Å². The van der Waals surface area contributed by atoms with Gasteiger partial charge in [-0.3, -0.25) is 9.69 Å². The summed E-state index contributed by atoms with van der Waals surface area (Å²) in [6.45, 7) is 0.914. The third kappa shape index (κ3) is 6.34. The number of carbonyl (C=O) groups excluding carboxylic acids is 1. The van der Waals surface area contributed by atoms with Crippen LogP contribution in [0.4, 0.5) is 0 Å². The van der Waals surface area contributed by atoms with Crippen molar-refractivity contribution >= 4 is 51.9 Å². The van der Waals surface area contributed by atoms with Gasteiger partial charge in [0.25, 0.3) is 5.91 Å². The molecule has 0 unspecified atom stereocenters. The second kappa shape index (κ2) is 12.8. The number of thioether (sulfide) groups is 1. The number of nitrogens with zero attached hydrogens (tertiary/aromatic N) is 3. The third-order valence-electron chi connectivity index (χ3n) is 6.87. The van der Waals surface area contributed by atoms with E-state index in [1.165, 1.54) is 17.3 Å². The van der Waals surface area contributed by atoms with Crippen LogP contribution >= 0.6 is 35.6 Å². The molecule has 0 saturated carbocycles. The average Bonchev–Trinajstić information content (AvgIpc) is 3.56. The lowest BCUT2D eigenvalue weighted by Gasteiger charge is -2.14. The van der Waals surface area contributed by atoms with Crippen molar-refractivity contribution in [3.05, 3.63) is 142 Å².